The standard InChI is InChI=1S/C28H27N3O5/c1-19-12-13-23(20(2)16-19)31(25(32)18-30-27(33)24-11-7-15-36-24)26(21-8-4-3-5-9-21)28(34)29-17-22-10-6-14-35-22/h3-16,26H,17-18H2,1-2H3,(H,29,34)(H,30,33)/t26-/m0/s1. The fourth-order valence-electron chi connectivity index (χ4n) is 3.97. The minimum absolute atomic E-state index is 0.0941. The Morgan fingerprint density at radius 3 is 2.28 bits per heavy atom. The van der Waals surface area contributed by atoms with Gasteiger partial charge < -0.3 is 19.5 Å². The lowest BCUT2D eigenvalue weighted by Crippen LogP contribution is -2.47. The summed E-state index contributed by atoms with van der Waals surface area (Å²) in [5.74, 6) is -0.679. The van der Waals surface area contributed by atoms with Gasteiger partial charge in [-0.15, -0.1) is 0 Å². The van der Waals surface area contributed by atoms with Crippen molar-refractivity contribution in [2.45, 2.75) is 26.4 Å². The first kappa shape index (κ1) is 24.5. The van der Waals surface area contributed by atoms with Gasteiger partial charge in [0.25, 0.3) is 5.91 Å². The predicted molar refractivity (Wildman–Crippen MR) is 134 cm³/mol. The molecule has 0 aliphatic heterocycles. The van der Waals surface area contributed by atoms with E-state index in [4.69, 9.17) is 8.83 Å². The lowest BCUT2D eigenvalue weighted by atomic mass is 10.0. The van der Waals surface area contributed by atoms with Crippen LogP contribution in [-0.4, -0.2) is 24.3 Å². The minimum atomic E-state index is -0.990. The lowest BCUT2D eigenvalue weighted by molar-refractivity contribution is -0.126. The van der Waals surface area contributed by atoms with E-state index in [2.05, 4.69) is 10.6 Å². The second-order valence-electron chi connectivity index (χ2n) is 8.32. The first-order chi connectivity index (χ1) is 17.4. The van der Waals surface area contributed by atoms with E-state index in [9.17, 15) is 14.4 Å². The molecule has 0 radical (unpaired) electrons. The molecule has 4 rings (SSSR count). The van der Waals surface area contributed by atoms with Crippen LogP contribution in [0.15, 0.2) is 94.2 Å². The topological polar surface area (TPSA) is 105 Å². The normalized spacial score (nSPS) is 11.5. The summed E-state index contributed by atoms with van der Waals surface area (Å²) in [5.41, 5.74) is 3.04. The van der Waals surface area contributed by atoms with Crippen LogP contribution in [-0.2, 0) is 16.1 Å². The number of nitrogens with zero attached hydrogens (tertiary/aromatic N) is 1. The lowest BCUT2D eigenvalue weighted by Gasteiger charge is -2.32. The number of hydrogen-bond acceptors (Lipinski definition) is 5. The summed E-state index contributed by atoms with van der Waals surface area (Å²) in [4.78, 5) is 41.2. The fourth-order valence-corrected chi connectivity index (χ4v) is 3.97. The molecule has 184 valence electrons. The third-order valence-electron chi connectivity index (χ3n) is 5.66. The molecule has 8 nitrogen and oxygen atoms in total. The van der Waals surface area contributed by atoms with Crippen molar-refractivity contribution in [3.8, 4) is 0 Å². The number of carbonyl (C=O) groups excluding carboxylic acids is 3. The van der Waals surface area contributed by atoms with Crippen molar-refractivity contribution < 1.29 is 23.2 Å². The Hall–Kier alpha value is -4.59. The van der Waals surface area contributed by atoms with Gasteiger partial charge in [0.2, 0.25) is 11.8 Å². The van der Waals surface area contributed by atoms with Crippen LogP contribution in [0.2, 0.25) is 0 Å². The zero-order chi connectivity index (χ0) is 25.5. The number of rotatable bonds is 9. The third kappa shape index (κ3) is 5.72. The summed E-state index contributed by atoms with van der Waals surface area (Å²) < 4.78 is 10.5. The van der Waals surface area contributed by atoms with Crippen molar-refractivity contribution in [2.24, 2.45) is 0 Å². The summed E-state index contributed by atoms with van der Waals surface area (Å²) in [6.07, 6.45) is 2.91. The molecule has 2 N–H and O–H groups in total. The van der Waals surface area contributed by atoms with Gasteiger partial charge in [0.15, 0.2) is 5.76 Å². The van der Waals surface area contributed by atoms with Gasteiger partial charge in [-0.05, 0) is 55.3 Å². The molecule has 0 aliphatic carbocycles. The van der Waals surface area contributed by atoms with Gasteiger partial charge in [0.1, 0.15) is 11.8 Å². The maximum absolute atomic E-state index is 13.7. The Kier molecular flexibility index (Phi) is 7.65. The van der Waals surface area contributed by atoms with Crippen LogP contribution < -0.4 is 15.5 Å². The van der Waals surface area contributed by atoms with Crippen molar-refractivity contribution in [1.82, 2.24) is 10.6 Å². The molecule has 0 saturated carbocycles. The zero-order valence-corrected chi connectivity index (χ0v) is 20.1. The number of aryl methyl sites for hydroxylation is 2. The molecule has 0 fully saturated rings. The molecule has 0 spiro atoms. The molecule has 2 heterocycles. The first-order valence-corrected chi connectivity index (χ1v) is 11.5. The van der Waals surface area contributed by atoms with Crippen molar-refractivity contribution in [1.29, 1.82) is 0 Å². The molecule has 2 aromatic heterocycles. The molecule has 0 saturated heterocycles. The highest BCUT2D eigenvalue weighted by Crippen LogP contribution is 2.31. The van der Waals surface area contributed by atoms with E-state index in [0.29, 0.717) is 17.0 Å². The molecule has 0 aliphatic rings. The molecule has 3 amide bonds. The summed E-state index contributed by atoms with van der Waals surface area (Å²) in [5, 5.41) is 5.47. The van der Waals surface area contributed by atoms with Gasteiger partial charge >= 0.3 is 0 Å². The number of furan rings is 2. The number of benzene rings is 2. The minimum Gasteiger partial charge on any atom is -0.467 e. The molecule has 2 aromatic carbocycles. The van der Waals surface area contributed by atoms with Crippen LogP contribution in [0.25, 0.3) is 0 Å². The highest BCUT2D eigenvalue weighted by atomic mass is 16.3. The van der Waals surface area contributed by atoms with Crippen LogP contribution in [0.5, 0.6) is 0 Å². The summed E-state index contributed by atoms with van der Waals surface area (Å²) >= 11 is 0. The molecule has 0 bridgehead atoms. The molecular formula is C28H27N3O5. The molecular weight excluding hydrogens is 458 g/mol. The van der Waals surface area contributed by atoms with Crippen LogP contribution in [0.3, 0.4) is 0 Å². The zero-order valence-electron chi connectivity index (χ0n) is 20.1. The Morgan fingerprint density at radius 1 is 0.861 bits per heavy atom. The summed E-state index contributed by atoms with van der Waals surface area (Å²) in [6, 6.07) is 20.3. The van der Waals surface area contributed by atoms with Gasteiger partial charge in [-0.3, -0.25) is 19.3 Å². The largest absolute Gasteiger partial charge is 0.467 e. The third-order valence-corrected chi connectivity index (χ3v) is 5.66. The molecule has 0 unspecified atom stereocenters. The Labute approximate surface area is 208 Å². The van der Waals surface area contributed by atoms with Gasteiger partial charge in [0.05, 0.1) is 25.6 Å². The monoisotopic (exact) mass is 485 g/mol. The van der Waals surface area contributed by atoms with Crippen molar-refractivity contribution in [2.75, 3.05) is 11.4 Å². The first-order valence-electron chi connectivity index (χ1n) is 11.5. The second-order valence-corrected chi connectivity index (χ2v) is 8.32. The quantitative estimate of drug-likeness (QED) is 0.368. The number of hydrogen-bond donors (Lipinski definition) is 2. The van der Waals surface area contributed by atoms with E-state index in [1.807, 2.05) is 50.2 Å². The smallest absolute Gasteiger partial charge is 0.287 e. The van der Waals surface area contributed by atoms with Crippen LogP contribution in [0, 0.1) is 13.8 Å². The van der Waals surface area contributed by atoms with Gasteiger partial charge in [-0.1, -0.05) is 48.0 Å². The maximum Gasteiger partial charge on any atom is 0.287 e. The van der Waals surface area contributed by atoms with Crippen LogP contribution in [0.4, 0.5) is 5.69 Å². The number of nitrogens with one attached hydrogen (secondary N) is 2. The Morgan fingerprint density at radius 2 is 1.61 bits per heavy atom. The highest BCUT2D eigenvalue weighted by molar-refractivity contribution is 6.04. The number of anilines is 1. The van der Waals surface area contributed by atoms with E-state index in [0.717, 1.165) is 11.1 Å². The number of amides is 3. The van der Waals surface area contributed by atoms with Crippen molar-refractivity contribution >= 4 is 23.4 Å². The average molecular weight is 486 g/mol. The van der Waals surface area contributed by atoms with Crippen LogP contribution >= 0.6 is 0 Å². The van der Waals surface area contributed by atoms with E-state index in [-0.39, 0.29) is 24.8 Å². The van der Waals surface area contributed by atoms with Gasteiger partial charge in [0, 0.05) is 5.69 Å². The highest BCUT2D eigenvalue weighted by Gasteiger charge is 2.33. The van der Waals surface area contributed by atoms with Crippen molar-refractivity contribution in [3.63, 3.8) is 0 Å². The molecule has 8 heteroatoms. The van der Waals surface area contributed by atoms with E-state index < -0.39 is 17.9 Å². The molecule has 4 aromatic rings. The number of carbonyl (C=O) groups is 3. The van der Waals surface area contributed by atoms with E-state index in [1.165, 1.54) is 23.5 Å². The average Bonchev–Trinajstić information content (AvgIpc) is 3.60. The maximum atomic E-state index is 13.7. The summed E-state index contributed by atoms with van der Waals surface area (Å²) in [6.45, 7) is 3.67. The fraction of sp³-hybridized carbons (Fsp3) is 0.179. The molecule has 1 atom stereocenters. The summed E-state index contributed by atoms with van der Waals surface area (Å²) in [7, 11) is 0. The second kappa shape index (κ2) is 11.2. The van der Waals surface area contributed by atoms with Gasteiger partial charge in [-0.25, -0.2) is 0 Å². The SMILES string of the molecule is Cc1ccc(N(C(=O)CNC(=O)c2ccco2)[C@H](C(=O)NCc2ccco2)c2ccccc2)c(C)c1. The van der Waals surface area contributed by atoms with E-state index >= 15 is 0 Å². The van der Waals surface area contributed by atoms with Crippen molar-refractivity contribution in [3.05, 3.63) is 114 Å². The molecule has 36 heavy (non-hydrogen) atoms. The Bertz CT molecular complexity index is 1310. The Balaban J connectivity index is 1.69. The van der Waals surface area contributed by atoms with E-state index in [1.54, 1.807) is 30.3 Å². The van der Waals surface area contributed by atoms with Crippen LogP contribution in [0.1, 0.15) is 39.0 Å². The van der Waals surface area contributed by atoms with Gasteiger partial charge in [-0.2, -0.15) is 0 Å². The predicted octanol–water partition coefficient (Wildman–Crippen LogP) is 4.31.